The van der Waals surface area contributed by atoms with Crippen molar-refractivity contribution >= 4 is 23.9 Å². The third-order valence-corrected chi connectivity index (χ3v) is 12.7. The van der Waals surface area contributed by atoms with Crippen molar-refractivity contribution in [3.63, 3.8) is 0 Å². The Hall–Kier alpha value is -2.12. The number of carbonyl (C=O) groups is 4. The average Bonchev–Trinajstić information content (AvgIpc) is 3.12. The van der Waals surface area contributed by atoms with E-state index in [2.05, 4.69) is 55.4 Å². The number of carbonyl (C=O) groups excluding carboxylic acids is 2. The predicted molar refractivity (Wildman–Crippen MR) is 237 cm³/mol. The van der Waals surface area contributed by atoms with Gasteiger partial charge in [-0.1, -0.05) is 111 Å². The Morgan fingerprint density at radius 3 is 1.05 bits per heavy atom. The zero-order chi connectivity index (χ0) is 39.4. The number of esters is 2. The lowest BCUT2D eigenvalue weighted by Gasteiger charge is -2.30. The molecule has 0 aromatic carbocycles. The molecule has 336 valence electrons. The minimum absolute atomic E-state index is 0. The van der Waals surface area contributed by atoms with E-state index in [1.807, 2.05) is 13.8 Å². The molecule has 0 heterocycles. The van der Waals surface area contributed by atoms with Gasteiger partial charge in [-0.05, 0) is 138 Å². The minimum atomic E-state index is -0.600. The molecule has 0 bridgehead atoms. The van der Waals surface area contributed by atoms with Gasteiger partial charge in [0.15, 0.2) is 0 Å². The summed E-state index contributed by atoms with van der Waals surface area (Å²) in [5.74, 6) is 4.87. The first kappa shape index (κ1) is 60.6. The van der Waals surface area contributed by atoms with Gasteiger partial charge >= 0.3 is 23.9 Å². The summed E-state index contributed by atoms with van der Waals surface area (Å²) in [5.41, 5.74) is 0. The molecule has 4 aliphatic carbocycles. The Bertz CT molecular complexity index is 1000. The number of aliphatic carboxylic acids is 2. The Labute approximate surface area is 347 Å². The van der Waals surface area contributed by atoms with Crippen molar-refractivity contribution in [2.24, 2.45) is 71.0 Å². The molecule has 2 N–H and O–H groups in total. The topological polar surface area (TPSA) is 127 Å². The molecule has 56 heavy (non-hydrogen) atoms. The molecule has 0 aromatic heterocycles. The molecule has 4 aliphatic rings. The average molecular weight is 801 g/mol. The van der Waals surface area contributed by atoms with E-state index in [1.165, 1.54) is 32.1 Å². The number of carboxylic acid groups (broad SMARTS) is 2. The normalized spacial score (nSPS) is 27.0. The van der Waals surface area contributed by atoms with Crippen LogP contribution in [-0.2, 0) is 28.7 Å². The molecule has 4 unspecified atom stereocenters. The van der Waals surface area contributed by atoms with Crippen LogP contribution in [0.2, 0.25) is 0 Å². The summed E-state index contributed by atoms with van der Waals surface area (Å²) in [6, 6.07) is 0. The summed E-state index contributed by atoms with van der Waals surface area (Å²) in [5, 5.41) is 17.6. The van der Waals surface area contributed by atoms with Gasteiger partial charge < -0.3 is 19.7 Å². The minimum Gasteiger partial charge on any atom is -0.481 e. The van der Waals surface area contributed by atoms with Gasteiger partial charge in [-0.2, -0.15) is 0 Å². The van der Waals surface area contributed by atoms with Crippen molar-refractivity contribution in [1.82, 2.24) is 0 Å². The van der Waals surface area contributed by atoms with E-state index in [4.69, 9.17) is 19.7 Å². The van der Waals surface area contributed by atoms with Gasteiger partial charge in [0, 0.05) is 0 Å². The largest absolute Gasteiger partial charge is 0.481 e. The number of carboxylic acids is 2. The molecular formula is C48H96O8. The molecule has 4 fully saturated rings. The first-order valence-electron chi connectivity index (χ1n) is 21.3. The Morgan fingerprint density at radius 1 is 0.429 bits per heavy atom. The fourth-order valence-electron chi connectivity index (χ4n) is 8.68. The maximum Gasteiger partial charge on any atom is 0.308 e. The maximum absolute atomic E-state index is 11.5. The summed E-state index contributed by atoms with van der Waals surface area (Å²) < 4.78 is 10.1. The summed E-state index contributed by atoms with van der Waals surface area (Å²) in [6.07, 6.45) is 17.1. The first-order valence-corrected chi connectivity index (χ1v) is 21.3. The monoisotopic (exact) mass is 801 g/mol. The van der Waals surface area contributed by atoms with Crippen molar-refractivity contribution in [2.75, 3.05) is 13.2 Å². The quantitative estimate of drug-likeness (QED) is 0.209. The zero-order valence-corrected chi connectivity index (χ0v) is 35.0. The van der Waals surface area contributed by atoms with E-state index in [9.17, 15) is 19.2 Å². The lowest BCUT2D eigenvalue weighted by Crippen LogP contribution is -2.26. The summed E-state index contributed by atoms with van der Waals surface area (Å²) in [7, 11) is 0. The summed E-state index contributed by atoms with van der Waals surface area (Å²) in [6.45, 7) is 22.7. The molecule has 0 spiro atoms. The lowest BCUT2D eigenvalue weighted by molar-refractivity contribution is -0.150. The fourth-order valence-corrected chi connectivity index (χ4v) is 8.68. The SMILES string of the molecule is C.C.C.C.CC(C)C1CCC(C(=O)O)CC1.CC(C)C1CCCC(C(=O)O)C1.CCOC(=O)C1CCC(C(C)C)CC1.CCOC(=O)C1CCCC(C(C)C)C1. The molecule has 0 aromatic rings. The van der Waals surface area contributed by atoms with E-state index in [-0.39, 0.29) is 65.3 Å². The van der Waals surface area contributed by atoms with Gasteiger partial charge in [0.25, 0.3) is 0 Å². The Balaban J connectivity index is -0.000000315. The molecule has 4 rings (SSSR count). The number of rotatable bonds is 10. The van der Waals surface area contributed by atoms with Gasteiger partial charge in [-0.25, -0.2) is 0 Å². The molecule has 8 heteroatoms. The number of hydrogen-bond donors (Lipinski definition) is 2. The van der Waals surface area contributed by atoms with Gasteiger partial charge in [-0.3, -0.25) is 19.2 Å². The van der Waals surface area contributed by atoms with Crippen LogP contribution in [0, 0.1) is 71.0 Å². The second kappa shape index (κ2) is 32.8. The van der Waals surface area contributed by atoms with Crippen LogP contribution in [0.5, 0.6) is 0 Å². The third-order valence-electron chi connectivity index (χ3n) is 12.7. The standard InChI is InChI=1S/2C12H22O2.2C10H18O2.4CH4/c1-4-14-12(13)11-7-5-10(6-8-11)9(2)3;1-4-14-12(13)11-7-5-6-10(8-11)9(2)3;1-7(2)8-3-5-9(6-4-8)10(11)12;1-7(2)8-4-3-5-9(6-8)10(11)12;;;;/h2*9-11H,4-8H2,1-3H3;2*7-9H,3-6H2,1-2H3,(H,11,12);4*1H4. The van der Waals surface area contributed by atoms with E-state index >= 15 is 0 Å². The summed E-state index contributed by atoms with van der Waals surface area (Å²) >= 11 is 0. The van der Waals surface area contributed by atoms with Crippen LogP contribution in [0.25, 0.3) is 0 Å². The zero-order valence-electron chi connectivity index (χ0n) is 35.0. The molecule has 0 radical (unpaired) electrons. The molecule has 8 nitrogen and oxygen atoms in total. The molecule has 0 amide bonds. The van der Waals surface area contributed by atoms with E-state index in [1.54, 1.807) is 0 Å². The Kier molecular flexibility index (Phi) is 35.5. The molecule has 0 aliphatic heterocycles. The highest BCUT2D eigenvalue weighted by molar-refractivity contribution is 5.73. The second-order valence-corrected chi connectivity index (χ2v) is 17.6. The molecule has 0 saturated heterocycles. The van der Waals surface area contributed by atoms with Gasteiger partial charge in [0.05, 0.1) is 36.9 Å². The highest BCUT2D eigenvalue weighted by Gasteiger charge is 2.31. The van der Waals surface area contributed by atoms with Crippen molar-refractivity contribution in [3.8, 4) is 0 Å². The molecular weight excluding hydrogens is 705 g/mol. The highest BCUT2D eigenvalue weighted by atomic mass is 16.5. The van der Waals surface area contributed by atoms with Crippen LogP contribution < -0.4 is 0 Å². The van der Waals surface area contributed by atoms with Crippen LogP contribution in [0.4, 0.5) is 0 Å². The lowest BCUT2D eigenvalue weighted by atomic mass is 9.76. The van der Waals surface area contributed by atoms with Crippen molar-refractivity contribution in [3.05, 3.63) is 0 Å². The summed E-state index contributed by atoms with van der Waals surface area (Å²) in [4.78, 5) is 44.3. The smallest absolute Gasteiger partial charge is 0.308 e. The number of ether oxygens (including phenoxy) is 2. The van der Waals surface area contributed by atoms with Crippen LogP contribution in [0.3, 0.4) is 0 Å². The highest BCUT2D eigenvalue weighted by Crippen LogP contribution is 2.36. The van der Waals surface area contributed by atoms with E-state index in [0.717, 1.165) is 100 Å². The molecule has 4 saturated carbocycles. The van der Waals surface area contributed by atoms with Crippen LogP contribution in [0.1, 0.15) is 202 Å². The first-order chi connectivity index (χ1) is 24.5. The Morgan fingerprint density at radius 2 is 0.732 bits per heavy atom. The number of hydrogen-bond acceptors (Lipinski definition) is 6. The maximum atomic E-state index is 11.5. The second-order valence-electron chi connectivity index (χ2n) is 17.6. The van der Waals surface area contributed by atoms with Crippen molar-refractivity contribution < 1.29 is 38.9 Å². The van der Waals surface area contributed by atoms with Crippen molar-refractivity contribution in [2.45, 2.75) is 202 Å². The third kappa shape index (κ3) is 23.3. The predicted octanol–water partition coefficient (Wildman–Crippen LogP) is 13.6. The van der Waals surface area contributed by atoms with Gasteiger partial charge in [-0.15, -0.1) is 0 Å². The van der Waals surface area contributed by atoms with Crippen LogP contribution >= 0.6 is 0 Å². The van der Waals surface area contributed by atoms with Crippen molar-refractivity contribution in [1.29, 1.82) is 0 Å². The van der Waals surface area contributed by atoms with Crippen LogP contribution in [0.15, 0.2) is 0 Å². The van der Waals surface area contributed by atoms with Gasteiger partial charge in [0.2, 0.25) is 0 Å². The van der Waals surface area contributed by atoms with Crippen LogP contribution in [-0.4, -0.2) is 47.3 Å². The fraction of sp³-hybridized carbons (Fsp3) is 0.917. The van der Waals surface area contributed by atoms with E-state index < -0.39 is 11.9 Å². The van der Waals surface area contributed by atoms with E-state index in [0.29, 0.717) is 31.0 Å². The molecule has 4 atom stereocenters. The van der Waals surface area contributed by atoms with Gasteiger partial charge in [0.1, 0.15) is 0 Å².